The van der Waals surface area contributed by atoms with Crippen LogP contribution in [-0.4, -0.2) is 38.0 Å². The fourth-order valence-electron chi connectivity index (χ4n) is 4.22. The number of nitrogens with one attached hydrogen (secondary N) is 1. The summed E-state index contributed by atoms with van der Waals surface area (Å²) in [5.41, 5.74) is 3.94. The van der Waals surface area contributed by atoms with Crippen molar-refractivity contribution in [1.82, 2.24) is 20.0 Å². The number of aromatic nitrogens is 3. The molecule has 1 amide bonds. The van der Waals surface area contributed by atoms with Crippen molar-refractivity contribution in [3.05, 3.63) is 71.3 Å². The van der Waals surface area contributed by atoms with Gasteiger partial charge in [-0.3, -0.25) is 4.79 Å². The van der Waals surface area contributed by atoms with Gasteiger partial charge in [-0.05, 0) is 66.6 Å². The molecular weight excluding hydrogens is 450 g/mol. The van der Waals surface area contributed by atoms with E-state index >= 15 is 0 Å². The van der Waals surface area contributed by atoms with Crippen molar-refractivity contribution in [3.63, 3.8) is 0 Å². The summed E-state index contributed by atoms with van der Waals surface area (Å²) in [4.78, 5) is 23.8. The Balaban J connectivity index is 1.29. The summed E-state index contributed by atoms with van der Waals surface area (Å²) in [6, 6.07) is 14.7. The van der Waals surface area contributed by atoms with Crippen LogP contribution >= 0.6 is 11.6 Å². The monoisotopic (exact) mass is 473 g/mol. The molecule has 2 saturated carbocycles. The topological polar surface area (TPSA) is 84.2 Å². The summed E-state index contributed by atoms with van der Waals surface area (Å²) < 4.78 is 5.14. The minimum atomic E-state index is 0.0272. The first-order valence-electron chi connectivity index (χ1n) is 11.6. The minimum absolute atomic E-state index is 0.0272. The van der Waals surface area contributed by atoms with Gasteiger partial charge in [0.1, 0.15) is 17.9 Å². The SMILES string of the molecule is O=C(Cc1ccno1)N(Cc1cc(-c2ccc3ncnc(NC4CC4)c3c2)ccc1Cl)C1CC1. The molecule has 34 heavy (non-hydrogen) atoms. The second kappa shape index (κ2) is 8.72. The van der Waals surface area contributed by atoms with Gasteiger partial charge in [0.25, 0.3) is 0 Å². The molecule has 1 N–H and O–H groups in total. The standard InChI is InChI=1S/C26H24ClN5O2/c27-23-7-1-16(17-2-8-24-22(12-17)26(29-15-28-24)31-19-3-4-19)11-18(23)14-32(20-5-6-20)25(33)13-21-9-10-30-34-21/h1-2,7-12,15,19-20H,3-6,13-14H2,(H,28,29,31). The molecule has 0 unspecified atom stereocenters. The van der Waals surface area contributed by atoms with E-state index in [2.05, 4.69) is 38.6 Å². The lowest BCUT2D eigenvalue weighted by Crippen LogP contribution is -2.33. The number of benzene rings is 2. The average Bonchev–Trinajstić information content (AvgIpc) is 3.78. The predicted molar refractivity (Wildman–Crippen MR) is 130 cm³/mol. The fraction of sp³-hybridized carbons (Fsp3) is 0.308. The van der Waals surface area contributed by atoms with Crippen molar-refractivity contribution in [2.45, 2.75) is 50.7 Å². The summed E-state index contributed by atoms with van der Waals surface area (Å²) in [6.07, 6.45) is 7.76. The molecule has 2 heterocycles. The lowest BCUT2D eigenvalue weighted by atomic mass is 10.0. The zero-order valence-corrected chi connectivity index (χ0v) is 19.3. The molecule has 6 rings (SSSR count). The third-order valence-corrected chi connectivity index (χ3v) is 6.77. The molecule has 8 heteroatoms. The highest BCUT2D eigenvalue weighted by Crippen LogP contribution is 2.34. The van der Waals surface area contributed by atoms with Gasteiger partial charge < -0.3 is 14.7 Å². The number of anilines is 1. The van der Waals surface area contributed by atoms with Crippen molar-refractivity contribution in [1.29, 1.82) is 0 Å². The summed E-state index contributed by atoms with van der Waals surface area (Å²) >= 11 is 6.59. The van der Waals surface area contributed by atoms with Gasteiger partial charge >= 0.3 is 0 Å². The molecule has 0 radical (unpaired) electrons. The number of nitrogens with zero attached hydrogens (tertiary/aromatic N) is 4. The quantitative estimate of drug-likeness (QED) is 0.376. The minimum Gasteiger partial charge on any atom is -0.367 e. The second-order valence-electron chi connectivity index (χ2n) is 9.09. The van der Waals surface area contributed by atoms with Gasteiger partial charge in [0.2, 0.25) is 5.91 Å². The molecule has 172 valence electrons. The lowest BCUT2D eigenvalue weighted by Gasteiger charge is -2.23. The number of carbonyl (C=O) groups excluding carboxylic acids is 1. The van der Waals surface area contributed by atoms with Crippen molar-refractivity contribution in [2.75, 3.05) is 5.32 Å². The Bertz CT molecular complexity index is 1350. The molecule has 2 aliphatic rings. The number of hydrogen-bond donors (Lipinski definition) is 1. The molecule has 2 fully saturated rings. The molecule has 0 atom stereocenters. The Morgan fingerprint density at radius 1 is 1.06 bits per heavy atom. The van der Waals surface area contributed by atoms with E-state index in [4.69, 9.17) is 16.1 Å². The number of halogens is 1. The van der Waals surface area contributed by atoms with E-state index in [1.165, 1.54) is 12.8 Å². The van der Waals surface area contributed by atoms with Crippen molar-refractivity contribution < 1.29 is 9.32 Å². The summed E-state index contributed by atoms with van der Waals surface area (Å²) in [7, 11) is 0. The Labute approximate surface area is 202 Å². The van der Waals surface area contributed by atoms with Gasteiger partial charge in [-0.1, -0.05) is 28.9 Å². The van der Waals surface area contributed by atoms with Gasteiger partial charge in [0, 0.05) is 35.1 Å². The molecule has 0 saturated heterocycles. The molecule has 2 aliphatic carbocycles. The molecule has 0 aliphatic heterocycles. The van der Waals surface area contributed by atoms with E-state index in [1.54, 1.807) is 18.6 Å². The van der Waals surface area contributed by atoms with E-state index in [0.29, 0.717) is 23.4 Å². The van der Waals surface area contributed by atoms with Crippen LogP contribution in [0.3, 0.4) is 0 Å². The molecule has 4 aromatic rings. The van der Waals surface area contributed by atoms with Crippen LogP contribution in [0.1, 0.15) is 37.0 Å². The molecule has 0 bridgehead atoms. The van der Waals surface area contributed by atoms with E-state index in [1.807, 2.05) is 23.1 Å². The van der Waals surface area contributed by atoms with Crippen molar-refractivity contribution in [3.8, 4) is 11.1 Å². The zero-order valence-electron chi connectivity index (χ0n) is 18.6. The Hall–Kier alpha value is -3.45. The first-order valence-corrected chi connectivity index (χ1v) is 12.0. The lowest BCUT2D eigenvalue weighted by molar-refractivity contribution is -0.132. The first kappa shape index (κ1) is 21.1. The molecule has 0 spiro atoms. The van der Waals surface area contributed by atoms with E-state index in [0.717, 1.165) is 46.3 Å². The maximum absolute atomic E-state index is 13.0. The number of amides is 1. The van der Waals surface area contributed by atoms with Gasteiger partial charge in [0.15, 0.2) is 0 Å². The van der Waals surface area contributed by atoms with E-state index in [-0.39, 0.29) is 18.4 Å². The highest BCUT2D eigenvalue weighted by molar-refractivity contribution is 6.31. The van der Waals surface area contributed by atoms with Crippen LogP contribution < -0.4 is 5.32 Å². The van der Waals surface area contributed by atoms with Gasteiger partial charge in [0.05, 0.1) is 18.1 Å². The summed E-state index contributed by atoms with van der Waals surface area (Å²) in [5, 5.41) is 8.87. The molecule has 2 aromatic heterocycles. The summed E-state index contributed by atoms with van der Waals surface area (Å²) in [6.45, 7) is 0.468. The van der Waals surface area contributed by atoms with Crippen LogP contribution in [0.4, 0.5) is 5.82 Å². The smallest absolute Gasteiger partial charge is 0.230 e. The van der Waals surface area contributed by atoms with Gasteiger partial charge in [-0.25, -0.2) is 9.97 Å². The Morgan fingerprint density at radius 3 is 2.65 bits per heavy atom. The number of rotatable bonds is 8. The molecular formula is C26H24ClN5O2. The highest BCUT2D eigenvalue weighted by atomic mass is 35.5. The first-order chi connectivity index (χ1) is 16.6. The molecule has 7 nitrogen and oxygen atoms in total. The van der Waals surface area contributed by atoms with Crippen LogP contribution in [0.25, 0.3) is 22.0 Å². The van der Waals surface area contributed by atoms with Gasteiger partial charge in [-0.15, -0.1) is 0 Å². The Kier molecular flexibility index (Phi) is 5.41. The van der Waals surface area contributed by atoms with Gasteiger partial charge in [-0.2, -0.15) is 0 Å². The Morgan fingerprint density at radius 2 is 1.88 bits per heavy atom. The number of hydrogen-bond acceptors (Lipinski definition) is 6. The van der Waals surface area contributed by atoms with Crippen LogP contribution in [0.15, 0.2) is 59.5 Å². The van der Waals surface area contributed by atoms with Crippen LogP contribution in [0, 0.1) is 0 Å². The van der Waals surface area contributed by atoms with Crippen molar-refractivity contribution in [2.24, 2.45) is 0 Å². The van der Waals surface area contributed by atoms with Crippen molar-refractivity contribution >= 4 is 34.2 Å². The average molecular weight is 474 g/mol. The van der Waals surface area contributed by atoms with Crippen LogP contribution in [-0.2, 0) is 17.8 Å². The third kappa shape index (κ3) is 4.48. The third-order valence-electron chi connectivity index (χ3n) is 6.40. The summed E-state index contributed by atoms with van der Waals surface area (Å²) in [5.74, 6) is 1.48. The number of fused-ring (bicyclic) bond motifs is 1. The van der Waals surface area contributed by atoms with E-state index in [9.17, 15) is 4.79 Å². The fourth-order valence-corrected chi connectivity index (χ4v) is 4.40. The van der Waals surface area contributed by atoms with Crippen LogP contribution in [0.2, 0.25) is 5.02 Å². The molecule has 2 aromatic carbocycles. The number of carbonyl (C=O) groups is 1. The maximum Gasteiger partial charge on any atom is 0.230 e. The largest absolute Gasteiger partial charge is 0.367 e. The zero-order chi connectivity index (χ0) is 23.1. The van der Waals surface area contributed by atoms with Crippen LogP contribution in [0.5, 0.6) is 0 Å². The van der Waals surface area contributed by atoms with E-state index < -0.39 is 0 Å². The highest BCUT2D eigenvalue weighted by Gasteiger charge is 2.33. The normalized spacial score (nSPS) is 15.4. The maximum atomic E-state index is 13.0. The predicted octanol–water partition coefficient (Wildman–Crippen LogP) is 5.25. The second-order valence-corrected chi connectivity index (χ2v) is 9.49.